The largest absolute Gasteiger partial charge is 0.497 e. The fraction of sp³-hybridized carbons (Fsp3) is 0.214. The summed E-state index contributed by atoms with van der Waals surface area (Å²) in [5.41, 5.74) is 0.834. The van der Waals surface area contributed by atoms with Crippen molar-refractivity contribution in [2.24, 2.45) is 0 Å². The van der Waals surface area contributed by atoms with Crippen LogP contribution >= 0.6 is 0 Å². The Balaban J connectivity index is 2.56. The zero-order valence-electron chi connectivity index (χ0n) is 10.7. The van der Waals surface area contributed by atoms with E-state index in [1.807, 2.05) is 43.5 Å². The minimum absolute atomic E-state index is 0.741. The summed E-state index contributed by atoms with van der Waals surface area (Å²) in [6, 6.07) is 7.60. The van der Waals surface area contributed by atoms with Crippen molar-refractivity contribution in [3.05, 3.63) is 36.5 Å². The van der Waals surface area contributed by atoms with E-state index in [1.54, 1.807) is 14.2 Å². The van der Waals surface area contributed by atoms with Gasteiger partial charge in [0.2, 0.25) is 0 Å². The van der Waals surface area contributed by atoms with E-state index in [9.17, 15) is 0 Å². The van der Waals surface area contributed by atoms with Crippen LogP contribution < -0.4 is 14.8 Å². The van der Waals surface area contributed by atoms with E-state index in [0.29, 0.717) is 0 Å². The molecule has 4 nitrogen and oxygen atoms in total. The molecule has 0 radical (unpaired) electrons. The average Bonchev–Trinajstić information content (AvgIpc) is 2.43. The lowest BCUT2D eigenvalue weighted by Crippen LogP contribution is -1.95. The van der Waals surface area contributed by atoms with Crippen molar-refractivity contribution < 1.29 is 9.47 Å². The second kappa shape index (κ2) is 5.40. The van der Waals surface area contributed by atoms with Gasteiger partial charge < -0.3 is 14.8 Å². The third-order valence-corrected chi connectivity index (χ3v) is 2.60. The lowest BCUT2D eigenvalue weighted by molar-refractivity contribution is 0.414. The van der Waals surface area contributed by atoms with Crippen LogP contribution in [0.3, 0.4) is 0 Å². The molecule has 0 bridgehead atoms. The van der Waals surface area contributed by atoms with Crippen LogP contribution in [0.5, 0.6) is 11.5 Å². The van der Waals surface area contributed by atoms with E-state index < -0.39 is 0 Å². The molecule has 2 rings (SSSR count). The molecule has 0 amide bonds. The quantitative estimate of drug-likeness (QED) is 0.897. The van der Waals surface area contributed by atoms with E-state index in [2.05, 4.69) is 10.3 Å². The summed E-state index contributed by atoms with van der Waals surface area (Å²) < 4.78 is 10.6. The van der Waals surface area contributed by atoms with Gasteiger partial charge in [-0.25, -0.2) is 4.98 Å². The van der Waals surface area contributed by atoms with Gasteiger partial charge >= 0.3 is 0 Å². The number of nitrogens with zero attached hydrogens (tertiary/aromatic N) is 1. The molecule has 2 aromatic rings. The van der Waals surface area contributed by atoms with E-state index in [1.165, 1.54) is 0 Å². The average molecular weight is 244 g/mol. The molecule has 0 fully saturated rings. The minimum atomic E-state index is 0.741. The molecule has 1 aromatic heterocycles. The second-order valence-electron chi connectivity index (χ2n) is 3.74. The van der Waals surface area contributed by atoms with Crippen molar-refractivity contribution in [1.82, 2.24) is 4.98 Å². The molecular weight excluding hydrogens is 228 g/mol. The smallest absolute Gasteiger partial charge is 0.134 e. The van der Waals surface area contributed by atoms with Crippen molar-refractivity contribution in [2.45, 2.75) is 6.92 Å². The number of benzene rings is 1. The first-order valence-electron chi connectivity index (χ1n) is 5.69. The summed E-state index contributed by atoms with van der Waals surface area (Å²) in [4.78, 5) is 4.51. The van der Waals surface area contributed by atoms with Gasteiger partial charge in [0.05, 0.1) is 19.7 Å². The topological polar surface area (TPSA) is 43.4 Å². The third-order valence-electron chi connectivity index (χ3n) is 2.60. The zero-order valence-corrected chi connectivity index (χ0v) is 10.7. The first-order valence-corrected chi connectivity index (χ1v) is 5.69. The Labute approximate surface area is 106 Å². The highest BCUT2D eigenvalue weighted by molar-refractivity contribution is 5.88. The summed E-state index contributed by atoms with van der Waals surface area (Å²) in [6.07, 6.45) is 3.73. The van der Waals surface area contributed by atoms with E-state index in [4.69, 9.17) is 9.47 Å². The summed E-state index contributed by atoms with van der Waals surface area (Å²) in [7, 11) is 3.29. The van der Waals surface area contributed by atoms with Gasteiger partial charge in [-0.15, -0.1) is 0 Å². The highest BCUT2D eigenvalue weighted by atomic mass is 16.5. The fourth-order valence-electron chi connectivity index (χ4n) is 1.71. The van der Waals surface area contributed by atoms with Crippen molar-refractivity contribution in [3.8, 4) is 11.5 Å². The summed E-state index contributed by atoms with van der Waals surface area (Å²) in [6.45, 7) is 1.94. The number of hydrogen-bond donors (Lipinski definition) is 1. The number of rotatable bonds is 4. The van der Waals surface area contributed by atoms with Crippen LogP contribution in [0.15, 0.2) is 36.5 Å². The van der Waals surface area contributed by atoms with Crippen LogP contribution in [-0.4, -0.2) is 19.2 Å². The van der Waals surface area contributed by atoms with Crippen LogP contribution in [0.25, 0.3) is 10.9 Å². The number of methoxy groups -OCH3 is 2. The molecule has 94 valence electrons. The summed E-state index contributed by atoms with van der Waals surface area (Å²) in [5.74, 6) is 2.31. The van der Waals surface area contributed by atoms with Crippen LogP contribution in [0.4, 0.5) is 5.82 Å². The maximum atomic E-state index is 5.38. The van der Waals surface area contributed by atoms with Gasteiger partial charge in [0.15, 0.2) is 0 Å². The SMILES string of the molecule is C/C=C\Nc1cc(OC)c2ccc(OC)cc2n1. The third kappa shape index (κ3) is 2.37. The number of fused-ring (bicyclic) bond motifs is 1. The number of hydrogen-bond acceptors (Lipinski definition) is 4. The van der Waals surface area contributed by atoms with Gasteiger partial charge in [-0.3, -0.25) is 0 Å². The standard InChI is InChI=1S/C14H16N2O2/c1-4-7-15-14-9-13(18-3)11-6-5-10(17-2)8-12(11)16-14/h4-9H,1-3H3,(H,15,16)/b7-4-. The van der Waals surface area contributed by atoms with Gasteiger partial charge in [-0.2, -0.15) is 0 Å². The lowest BCUT2D eigenvalue weighted by Gasteiger charge is -2.09. The molecule has 0 aliphatic rings. The molecule has 1 N–H and O–H groups in total. The van der Waals surface area contributed by atoms with E-state index >= 15 is 0 Å². The predicted molar refractivity (Wildman–Crippen MR) is 73.3 cm³/mol. The zero-order chi connectivity index (χ0) is 13.0. The Kier molecular flexibility index (Phi) is 3.67. The lowest BCUT2D eigenvalue weighted by atomic mass is 10.2. The molecule has 1 heterocycles. The number of aromatic nitrogens is 1. The van der Waals surface area contributed by atoms with Gasteiger partial charge in [0, 0.05) is 17.5 Å². The maximum Gasteiger partial charge on any atom is 0.134 e. The molecule has 0 aliphatic carbocycles. The van der Waals surface area contributed by atoms with Crippen molar-refractivity contribution >= 4 is 16.7 Å². The van der Waals surface area contributed by atoms with Gasteiger partial charge in [-0.1, -0.05) is 6.08 Å². The molecule has 18 heavy (non-hydrogen) atoms. The van der Waals surface area contributed by atoms with Crippen molar-refractivity contribution in [3.63, 3.8) is 0 Å². The first kappa shape index (κ1) is 12.2. The normalized spacial score (nSPS) is 10.8. The monoisotopic (exact) mass is 244 g/mol. The molecule has 0 unspecified atom stereocenters. The van der Waals surface area contributed by atoms with Crippen LogP contribution in [0.1, 0.15) is 6.92 Å². The van der Waals surface area contributed by atoms with Crippen molar-refractivity contribution in [1.29, 1.82) is 0 Å². The fourth-order valence-corrected chi connectivity index (χ4v) is 1.71. The van der Waals surface area contributed by atoms with E-state index in [-0.39, 0.29) is 0 Å². The molecule has 0 spiro atoms. The molecule has 0 saturated carbocycles. The highest BCUT2D eigenvalue weighted by Gasteiger charge is 2.06. The maximum absolute atomic E-state index is 5.38. The predicted octanol–water partition coefficient (Wildman–Crippen LogP) is 3.20. The number of ether oxygens (including phenoxy) is 2. The molecular formula is C14H16N2O2. The Morgan fingerprint density at radius 3 is 2.67 bits per heavy atom. The number of pyridine rings is 1. The Morgan fingerprint density at radius 1 is 1.17 bits per heavy atom. The summed E-state index contributed by atoms with van der Waals surface area (Å²) >= 11 is 0. The van der Waals surface area contributed by atoms with Crippen LogP contribution in [-0.2, 0) is 0 Å². The second-order valence-corrected chi connectivity index (χ2v) is 3.74. The minimum Gasteiger partial charge on any atom is -0.497 e. The Morgan fingerprint density at radius 2 is 2.00 bits per heavy atom. The molecule has 0 atom stereocenters. The molecule has 1 aromatic carbocycles. The molecule has 0 aliphatic heterocycles. The summed E-state index contributed by atoms with van der Waals surface area (Å²) in [5, 5.41) is 4.05. The van der Waals surface area contributed by atoms with Gasteiger partial charge in [0.25, 0.3) is 0 Å². The number of anilines is 1. The number of nitrogens with one attached hydrogen (secondary N) is 1. The first-order chi connectivity index (χ1) is 8.78. The molecule has 4 heteroatoms. The highest BCUT2D eigenvalue weighted by Crippen LogP contribution is 2.29. The Bertz CT molecular complexity index is 579. The van der Waals surface area contributed by atoms with Crippen LogP contribution in [0.2, 0.25) is 0 Å². The number of allylic oxidation sites excluding steroid dienone is 1. The van der Waals surface area contributed by atoms with Gasteiger partial charge in [0.1, 0.15) is 17.3 Å². The Hall–Kier alpha value is -2.23. The molecule has 0 saturated heterocycles. The van der Waals surface area contributed by atoms with E-state index in [0.717, 1.165) is 28.2 Å². The van der Waals surface area contributed by atoms with Gasteiger partial charge in [-0.05, 0) is 25.3 Å². The van der Waals surface area contributed by atoms with Crippen LogP contribution in [0, 0.1) is 0 Å². The van der Waals surface area contributed by atoms with Crippen molar-refractivity contribution in [2.75, 3.05) is 19.5 Å².